The molecule has 1 aliphatic rings. The summed E-state index contributed by atoms with van der Waals surface area (Å²) in [7, 11) is -1.88. The van der Waals surface area contributed by atoms with Crippen molar-refractivity contribution in [1.82, 2.24) is 9.62 Å². The van der Waals surface area contributed by atoms with E-state index in [-0.39, 0.29) is 17.7 Å². The summed E-state index contributed by atoms with van der Waals surface area (Å²) in [6.45, 7) is 1.51. The summed E-state index contributed by atoms with van der Waals surface area (Å²) in [6.07, 6.45) is 1.47. The highest BCUT2D eigenvalue weighted by Gasteiger charge is 2.24. The fourth-order valence-corrected chi connectivity index (χ4v) is 4.85. The van der Waals surface area contributed by atoms with Gasteiger partial charge in [0, 0.05) is 24.7 Å². The maximum atomic E-state index is 12.5. The van der Waals surface area contributed by atoms with Crippen LogP contribution in [0.2, 0.25) is 5.02 Å². The zero-order valence-electron chi connectivity index (χ0n) is 16.8. The van der Waals surface area contributed by atoms with Crippen LogP contribution in [0.25, 0.3) is 0 Å². The van der Waals surface area contributed by atoms with Crippen molar-refractivity contribution in [3.8, 4) is 5.75 Å². The van der Waals surface area contributed by atoms with E-state index in [9.17, 15) is 13.2 Å². The Labute approximate surface area is 182 Å². The zero-order valence-corrected chi connectivity index (χ0v) is 18.4. The summed E-state index contributed by atoms with van der Waals surface area (Å²) in [5.74, 6) is 0.692. The summed E-state index contributed by atoms with van der Waals surface area (Å²) in [5.41, 5.74) is 1.28. The number of ether oxygens (including phenoxy) is 1. The van der Waals surface area contributed by atoms with Gasteiger partial charge in [-0.2, -0.15) is 0 Å². The predicted molar refractivity (Wildman–Crippen MR) is 118 cm³/mol. The lowest BCUT2D eigenvalue weighted by molar-refractivity contribution is 0.183. The van der Waals surface area contributed by atoms with Gasteiger partial charge in [0.05, 0.1) is 18.6 Å². The SMILES string of the molecule is COc1ccccc1NC(=O)N1CCC(CNS(=O)(=O)Cc2cccc(Cl)c2)CC1. The molecule has 0 aromatic heterocycles. The van der Waals surface area contributed by atoms with Crippen LogP contribution in [0, 0.1) is 5.92 Å². The monoisotopic (exact) mass is 451 g/mol. The molecule has 0 saturated carbocycles. The molecule has 0 atom stereocenters. The van der Waals surface area contributed by atoms with E-state index < -0.39 is 10.0 Å². The Kier molecular flexibility index (Phi) is 7.58. The fraction of sp³-hybridized carbons (Fsp3) is 0.381. The molecule has 1 aliphatic heterocycles. The molecule has 2 N–H and O–H groups in total. The van der Waals surface area contributed by atoms with Gasteiger partial charge in [0.25, 0.3) is 0 Å². The maximum Gasteiger partial charge on any atom is 0.321 e. The number of nitrogens with one attached hydrogen (secondary N) is 2. The number of hydrogen-bond acceptors (Lipinski definition) is 4. The van der Waals surface area contributed by atoms with E-state index in [0.29, 0.717) is 41.7 Å². The first-order valence-corrected chi connectivity index (χ1v) is 11.8. The minimum atomic E-state index is -3.44. The Morgan fingerprint density at radius 2 is 1.90 bits per heavy atom. The van der Waals surface area contributed by atoms with Gasteiger partial charge >= 0.3 is 6.03 Å². The zero-order chi connectivity index (χ0) is 21.6. The van der Waals surface area contributed by atoms with Crippen molar-refractivity contribution in [2.75, 3.05) is 32.1 Å². The third-order valence-corrected chi connectivity index (χ3v) is 6.64. The highest BCUT2D eigenvalue weighted by molar-refractivity contribution is 7.88. The number of urea groups is 1. The summed E-state index contributed by atoms with van der Waals surface area (Å²) in [6, 6.07) is 13.9. The first kappa shape index (κ1) is 22.4. The number of rotatable bonds is 7. The van der Waals surface area contributed by atoms with Crippen molar-refractivity contribution in [3.63, 3.8) is 0 Å². The van der Waals surface area contributed by atoms with E-state index >= 15 is 0 Å². The van der Waals surface area contributed by atoms with Crippen LogP contribution in [0.3, 0.4) is 0 Å². The molecule has 0 radical (unpaired) electrons. The number of carbonyl (C=O) groups excluding carboxylic acids is 1. The van der Waals surface area contributed by atoms with Gasteiger partial charge in [-0.1, -0.05) is 35.9 Å². The van der Waals surface area contributed by atoms with Crippen LogP contribution in [0.4, 0.5) is 10.5 Å². The van der Waals surface area contributed by atoms with Crippen molar-refractivity contribution in [3.05, 3.63) is 59.1 Å². The standard InChI is InChI=1S/C21H26ClN3O4S/c1-29-20-8-3-2-7-19(20)24-21(26)25-11-9-16(10-12-25)14-23-30(27,28)15-17-5-4-6-18(22)13-17/h2-8,13,16,23H,9-12,14-15H2,1H3,(H,24,26). The number of hydrogen-bond donors (Lipinski definition) is 2. The average molecular weight is 452 g/mol. The molecule has 2 aromatic rings. The highest BCUT2D eigenvalue weighted by atomic mass is 35.5. The molecule has 2 aromatic carbocycles. The lowest BCUT2D eigenvalue weighted by Crippen LogP contribution is -2.43. The van der Waals surface area contributed by atoms with Crippen LogP contribution < -0.4 is 14.8 Å². The number of para-hydroxylation sites is 2. The van der Waals surface area contributed by atoms with Gasteiger partial charge in [-0.3, -0.25) is 0 Å². The molecule has 0 unspecified atom stereocenters. The summed E-state index contributed by atoms with van der Waals surface area (Å²) >= 11 is 5.92. The molecule has 3 rings (SSSR count). The fourth-order valence-electron chi connectivity index (χ4n) is 3.42. The Bertz CT molecular complexity index is 976. The van der Waals surface area contributed by atoms with Crippen molar-refractivity contribution in [1.29, 1.82) is 0 Å². The van der Waals surface area contributed by atoms with Gasteiger partial charge in [0.15, 0.2) is 0 Å². The second kappa shape index (κ2) is 10.1. The van der Waals surface area contributed by atoms with E-state index in [1.165, 1.54) is 0 Å². The van der Waals surface area contributed by atoms with Gasteiger partial charge in [0.1, 0.15) is 5.75 Å². The van der Waals surface area contributed by atoms with Gasteiger partial charge in [0.2, 0.25) is 10.0 Å². The molecule has 1 heterocycles. The maximum absolute atomic E-state index is 12.5. The lowest BCUT2D eigenvalue weighted by atomic mass is 9.97. The van der Waals surface area contributed by atoms with Gasteiger partial charge in [-0.15, -0.1) is 0 Å². The number of sulfonamides is 1. The summed E-state index contributed by atoms with van der Waals surface area (Å²) in [4.78, 5) is 14.3. The first-order chi connectivity index (χ1) is 14.4. The molecule has 2 amide bonds. The Morgan fingerprint density at radius 1 is 1.17 bits per heavy atom. The van der Waals surface area contributed by atoms with Crippen LogP contribution in [0.5, 0.6) is 5.75 Å². The Morgan fingerprint density at radius 3 is 2.60 bits per heavy atom. The summed E-state index contributed by atoms with van der Waals surface area (Å²) in [5, 5.41) is 3.39. The van der Waals surface area contributed by atoms with E-state index in [2.05, 4.69) is 10.0 Å². The van der Waals surface area contributed by atoms with E-state index in [1.54, 1.807) is 48.4 Å². The number of nitrogens with zero attached hydrogens (tertiary/aromatic N) is 1. The molecule has 1 fully saturated rings. The van der Waals surface area contributed by atoms with Gasteiger partial charge in [-0.05, 0) is 48.6 Å². The molecule has 162 valence electrons. The van der Waals surface area contributed by atoms with Crippen molar-refractivity contribution >= 4 is 33.3 Å². The lowest BCUT2D eigenvalue weighted by Gasteiger charge is -2.32. The number of benzene rings is 2. The topological polar surface area (TPSA) is 87.7 Å². The smallest absolute Gasteiger partial charge is 0.321 e. The normalized spacial score (nSPS) is 15.1. The largest absolute Gasteiger partial charge is 0.495 e. The molecule has 7 nitrogen and oxygen atoms in total. The van der Waals surface area contributed by atoms with Crippen LogP contribution in [0.15, 0.2) is 48.5 Å². The van der Waals surface area contributed by atoms with Crippen LogP contribution >= 0.6 is 11.6 Å². The Balaban J connectivity index is 1.45. The van der Waals surface area contributed by atoms with Crippen molar-refractivity contribution in [2.45, 2.75) is 18.6 Å². The number of halogens is 1. The Hall–Kier alpha value is -2.29. The molecular weight excluding hydrogens is 426 g/mol. The quantitative estimate of drug-likeness (QED) is 0.671. The van der Waals surface area contributed by atoms with E-state index in [1.807, 2.05) is 12.1 Å². The molecule has 9 heteroatoms. The average Bonchev–Trinajstić information content (AvgIpc) is 2.73. The second-order valence-electron chi connectivity index (χ2n) is 7.30. The predicted octanol–water partition coefficient (Wildman–Crippen LogP) is 3.71. The molecule has 0 aliphatic carbocycles. The third kappa shape index (κ3) is 6.35. The molecular formula is C21H26ClN3O4S. The van der Waals surface area contributed by atoms with Gasteiger partial charge < -0.3 is 15.0 Å². The van der Waals surface area contributed by atoms with Gasteiger partial charge in [-0.25, -0.2) is 17.9 Å². The molecule has 30 heavy (non-hydrogen) atoms. The number of carbonyl (C=O) groups is 1. The first-order valence-electron chi connectivity index (χ1n) is 9.77. The van der Waals surface area contributed by atoms with Crippen molar-refractivity contribution < 1.29 is 17.9 Å². The molecule has 1 saturated heterocycles. The van der Waals surface area contributed by atoms with Crippen LogP contribution in [-0.2, 0) is 15.8 Å². The number of piperidine rings is 1. The number of amides is 2. The summed E-state index contributed by atoms with van der Waals surface area (Å²) < 4.78 is 32.6. The molecule has 0 spiro atoms. The third-order valence-electron chi connectivity index (χ3n) is 5.09. The van der Waals surface area contributed by atoms with Crippen molar-refractivity contribution in [2.24, 2.45) is 5.92 Å². The number of anilines is 1. The minimum absolute atomic E-state index is 0.103. The van der Waals surface area contributed by atoms with Crippen LogP contribution in [0.1, 0.15) is 18.4 Å². The van der Waals surface area contributed by atoms with Crippen LogP contribution in [-0.4, -0.2) is 46.1 Å². The molecule has 0 bridgehead atoms. The number of methoxy groups -OCH3 is 1. The van der Waals surface area contributed by atoms with E-state index in [0.717, 1.165) is 12.8 Å². The van der Waals surface area contributed by atoms with E-state index in [4.69, 9.17) is 16.3 Å². The minimum Gasteiger partial charge on any atom is -0.495 e. The number of likely N-dealkylation sites (tertiary alicyclic amines) is 1. The highest BCUT2D eigenvalue weighted by Crippen LogP contribution is 2.24. The second-order valence-corrected chi connectivity index (χ2v) is 9.54.